The molecule has 0 atom stereocenters. The summed E-state index contributed by atoms with van der Waals surface area (Å²) in [6.07, 6.45) is 2.05. The van der Waals surface area contributed by atoms with Crippen LogP contribution >= 0.6 is 11.8 Å². The summed E-state index contributed by atoms with van der Waals surface area (Å²) in [5, 5.41) is 8.86. The summed E-state index contributed by atoms with van der Waals surface area (Å²) >= 11 is 1.71. The molecule has 0 saturated heterocycles. The molecule has 0 heterocycles. The van der Waals surface area contributed by atoms with Crippen molar-refractivity contribution in [2.75, 3.05) is 13.4 Å². The number of nitrogens with zero attached hydrogens (tertiary/aromatic N) is 1. The molecule has 102 valence electrons. The summed E-state index contributed by atoms with van der Waals surface area (Å²) in [6, 6.07) is 15.4. The highest BCUT2D eigenvalue weighted by Crippen LogP contribution is 2.28. The van der Waals surface area contributed by atoms with E-state index >= 15 is 0 Å². The van der Waals surface area contributed by atoms with Crippen LogP contribution in [0, 0.1) is 11.3 Å². The van der Waals surface area contributed by atoms with E-state index in [0.717, 1.165) is 5.56 Å². The molecule has 0 bridgehead atoms. The second-order valence-electron chi connectivity index (χ2n) is 4.11. The van der Waals surface area contributed by atoms with E-state index in [-0.39, 0.29) is 0 Å². The third kappa shape index (κ3) is 3.46. The van der Waals surface area contributed by atoms with E-state index in [9.17, 15) is 0 Å². The normalized spacial score (nSPS) is 9.85. The minimum absolute atomic E-state index is 0.469. The monoisotopic (exact) mass is 285 g/mol. The largest absolute Gasteiger partial charge is 0.493 e. The molecule has 0 N–H and O–H groups in total. The van der Waals surface area contributed by atoms with Crippen LogP contribution in [-0.4, -0.2) is 13.4 Å². The van der Waals surface area contributed by atoms with Crippen LogP contribution in [0.2, 0.25) is 0 Å². The lowest BCUT2D eigenvalue weighted by Crippen LogP contribution is -1.98. The second kappa shape index (κ2) is 6.88. The summed E-state index contributed by atoms with van der Waals surface area (Å²) in [7, 11) is 1.57. The first-order chi connectivity index (χ1) is 9.76. The van der Waals surface area contributed by atoms with Crippen molar-refractivity contribution in [2.45, 2.75) is 11.5 Å². The zero-order valence-electron chi connectivity index (χ0n) is 11.4. The molecule has 0 radical (unpaired) electrons. The Bertz CT molecular complexity index is 617. The van der Waals surface area contributed by atoms with Crippen LogP contribution in [0.3, 0.4) is 0 Å². The van der Waals surface area contributed by atoms with Crippen molar-refractivity contribution in [2.24, 2.45) is 0 Å². The second-order valence-corrected chi connectivity index (χ2v) is 4.99. The molecular weight excluding hydrogens is 270 g/mol. The zero-order chi connectivity index (χ0) is 14.4. The first-order valence-corrected chi connectivity index (χ1v) is 7.33. The van der Waals surface area contributed by atoms with Gasteiger partial charge in [-0.05, 0) is 36.1 Å². The fraction of sp³-hybridized carbons (Fsp3) is 0.188. The zero-order valence-corrected chi connectivity index (χ0v) is 12.2. The Labute approximate surface area is 123 Å². The van der Waals surface area contributed by atoms with E-state index in [4.69, 9.17) is 14.7 Å². The van der Waals surface area contributed by atoms with Crippen molar-refractivity contribution in [3.05, 3.63) is 53.6 Å². The Morgan fingerprint density at radius 3 is 2.45 bits per heavy atom. The Balaban J connectivity index is 2.08. The van der Waals surface area contributed by atoms with Gasteiger partial charge >= 0.3 is 0 Å². The van der Waals surface area contributed by atoms with Gasteiger partial charge in [-0.3, -0.25) is 0 Å². The predicted octanol–water partition coefficient (Wildman–Crippen LogP) is 3.87. The van der Waals surface area contributed by atoms with Crippen LogP contribution < -0.4 is 9.47 Å². The molecule has 3 nitrogen and oxygen atoms in total. The standard InChI is InChI=1S/C16H15NO2S/c1-18-16-9-13(10-17)5-8-15(16)19-11-12-3-6-14(20-2)7-4-12/h3-9H,11H2,1-2H3. The van der Waals surface area contributed by atoms with Gasteiger partial charge in [0.1, 0.15) is 6.61 Å². The summed E-state index contributed by atoms with van der Waals surface area (Å²) in [5.41, 5.74) is 1.65. The van der Waals surface area contributed by atoms with Crippen LogP contribution in [0.4, 0.5) is 0 Å². The third-order valence-electron chi connectivity index (χ3n) is 2.85. The van der Waals surface area contributed by atoms with Gasteiger partial charge in [0.15, 0.2) is 11.5 Å². The molecule has 0 saturated carbocycles. The van der Waals surface area contributed by atoms with Crippen molar-refractivity contribution < 1.29 is 9.47 Å². The fourth-order valence-electron chi connectivity index (χ4n) is 1.74. The van der Waals surface area contributed by atoms with Crippen LogP contribution in [0.25, 0.3) is 0 Å². The van der Waals surface area contributed by atoms with E-state index in [1.165, 1.54) is 4.90 Å². The SMILES string of the molecule is COc1cc(C#N)ccc1OCc1ccc(SC)cc1. The molecule has 2 aromatic rings. The van der Waals surface area contributed by atoms with E-state index in [1.807, 2.05) is 18.4 Å². The van der Waals surface area contributed by atoms with Crippen molar-refractivity contribution in [1.29, 1.82) is 5.26 Å². The quantitative estimate of drug-likeness (QED) is 0.782. The molecule has 2 aromatic carbocycles. The maximum atomic E-state index is 8.86. The van der Waals surface area contributed by atoms with Gasteiger partial charge < -0.3 is 9.47 Å². The van der Waals surface area contributed by atoms with Gasteiger partial charge in [0.05, 0.1) is 18.7 Å². The van der Waals surface area contributed by atoms with Crippen LogP contribution in [0.15, 0.2) is 47.4 Å². The first-order valence-electron chi connectivity index (χ1n) is 6.10. The molecule has 4 heteroatoms. The minimum Gasteiger partial charge on any atom is -0.493 e. The van der Waals surface area contributed by atoms with Gasteiger partial charge in [0.25, 0.3) is 0 Å². The average Bonchev–Trinajstić information content (AvgIpc) is 2.53. The van der Waals surface area contributed by atoms with Gasteiger partial charge in [0.2, 0.25) is 0 Å². The predicted molar refractivity (Wildman–Crippen MR) is 80.3 cm³/mol. The Morgan fingerprint density at radius 1 is 1.10 bits per heavy atom. The number of hydrogen-bond acceptors (Lipinski definition) is 4. The lowest BCUT2D eigenvalue weighted by atomic mass is 10.2. The van der Waals surface area contributed by atoms with Crippen LogP contribution in [0.5, 0.6) is 11.5 Å². The molecule has 0 amide bonds. The Kier molecular flexibility index (Phi) is 4.91. The highest BCUT2D eigenvalue weighted by atomic mass is 32.2. The van der Waals surface area contributed by atoms with Crippen LogP contribution in [-0.2, 0) is 6.61 Å². The van der Waals surface area contributed by atoms with Gasteiger partial charge in [-0.15, -0.1) is 11.8 Å². The van der Waals surface area contributed by atoms with Gasteiger partial charge in [0, 0.05) is 11.0 Å². The van der Waals surface area contributed by atoms with Crippen LogP contribution in [0.1, 0.15) is 11.1 Å². The summed E-state index contributed by atoms with van der Waals surface area (Å²) in [6.45, 7) is 0.469. The number of benzene rings is 2. The number of thioether (sulfide) groups is 1. The van der Waals surface area contributed by atoms with E-state index in [2.05, 4.69) is 18.2 Å². The maximum Gasteiger partial charge on any atom is 0.162 e. The molecule has 0 unspecified atom stereocenters. The molecule has 0 fully saturated rings. The van der Waals surface area contributed by atoms with Crippen molar-refractivity contribution in [3.8, 4) is 17.6 Å². The van der Waals surface area contributed by atoms with E-state index in [1.54, 1.807) is 37.1 Å². The van der Waals surface area contributed by atoms with Gasteiger partial charge in [-0.1, -0.05) is 12.1 Å². The Hall–Kier alpha value is -2.12. The summed E-state index contributed by atoms with van der Waals surface area (Å²) < 4.78 is 11.0. The highest BCUT2D eigenvalue weighted by Gasteiger charge is 2.06. The van der Waals surface area contributed by atoms with Crippen molar-refractivity contribution in [1.82, 2.24) is 0 Å². The number of ether oxygens (including phenoxy) is 2. The maximum absolute atomic E-state index is 8.86. The molecule has 0 aliphatic heterocycles. The number of methoxy groups -OCH3 is 1. The summed E-state index contributed by atoms with van der Waals surface area (Å²) in [5.74, 6) is 1.21. The molecule has 2 rings (SSSR count). The van der Waals surface area contributed by atoms with Crippen molar-refractivity contribution in [3.63, 3.8) is 0 Å². The minimum atomic E-state index is 0.469. The van der Waals surface area contributed by atoms with Gasteiger partial charge in [-0.2, -0.15) is 5.26 Å². The molecule has 0 aromatic heterocycles. The smallest absolute Gasteiger partial charge is 0.162 e. The Morgan fingerprint density at radius 2 is 1.85 bits per heavy atom. The van der Waals surface area contributed by atoms with Crippen molar-refractivity contribution >= 4 is 11.8 Å². The topological polar surface area (TPSA) is 42.2 Å². The lowest BCUT2D eigenvalue weighted by molar-refractivity contribution is 0.284. The number of rotatable bonds is 5. The number of nitriles is 1. The molecule has 0 aliphatic carbocycles. The summed E-state index contributed by atoms with van der Waals surface area (Å²) in [4.78, 5) is 1.23. The molecule has 0 aliphatic rings. The van der Waals surface area contributed by atoms with E-state index < -0.39 is 0 Å². The fourth-order valence-corrected chi connectivity index (χ4v) is 2.15. The molecule has 0 spiro atoms. The van der Waals surface area contributed by atoms with E-state index in [0.29, 0.717) is 23.7 Å². The third-order valence-corrected chi connectivity index (χ3v) is 3.59. The average molecular weight is 285 g/mol. The highest BCUT2D eigenvalue weighted by molar-refractivity contribution is 7.98. The first kappa shape index (κ1) is 14.3. The molecule has 20 heavy (non-hydrogen) atoms. The lowest BCUT2D eigenvalue weighted by Gasteiger charge is -2.11. The van der Waals surface area contributed by atoms with Gasteiger partial charge in [-0.25, -0.2) is 0 Å². The molecular formula is C16H15NO2S. The number of hydrogen-bond donors (Lipinski definition) is 0.